The lowest BCUT2D eigenvalue weighted by atomic mass is 10.1. The van der Waals surface area contributed by atoms with Crippen molar-refractivity contribution in [2.45, 2.75) is 29.5 Å². The van der Waals surface area contributed by atoms with Crippen LogP contribution >= 0.6 is 11.3 Å². The number of hydrogen-bond donors (Lipinski definition) is 1. The Morgan fingerprint density at radius 1 is 1.27 bits per heavy atom. The number of nitrogens with zero attached hydrogens (tertiary/aromatic N) is 2. The zero-order valence-corrected chi connectivity index (χ0v) is 16.9. The molecule has 1 aromatic rings. The summed E-state index contributed by atoms with van der Waals surface area (Å²) in [4.78, 5) is 12.6. The maximum Gasteiger partial charge on any atom is 0.253 e. The first-order chi connectivity index (χ1) is 12.2. The van der Waals surface area contributed by atoms with E-state index in [-0.39, 0.29) is 16.0 Å². The molecule has 1 aromatic heterocycles. The monoisotopic (exact) mass is 421 g/mol. The van der Waals surface area contributed by atoms with Gasteiger partial charge in [0.25, 0.3) is 10.0 Å². The van der Waals surface area contributed by atoms with Crippen LogP contribution in [0.2, 0.25) is 0 Å². The van der Waals surface area contributed by atoms with Crippen molar-refractivity contribution in [3.63, 3.8) is 0 Å². The minimum atomic E-state index is -3.65. The summed E-state index contributed by atoms with van der Waals surface area (Å²) in [5.41, 5.74) is 0. The Morgan fingerprint density at radius 3 is 2.65 bits per heavy atom. The predicted octanol–water partition coefficient (Wildman–Crippen LogP) is 0.299. The zero-order valence-electron chi connectivity index (χ0n) is 14.5. The van der Waals surface area contributed by atoms with Gasteiger partial charge in [0, 0.05) is 26.2 Å². The fraction of sp³-hybridized carbons (Fsp3) is 0.667. The van der Waals surface area contributed by atoms with Gasteiger partial charge in [-0.2, -0.15) is 4.31 Å². The Hall–Kier alpha value is -1.01. The van der Waals surface area contributed by atoms with E-state index in [4.69, 9.17) is 0 Å². The highest BCUT2D eigenvalue weighted by molar-refractivity contribution is 7.91. The second kappa shape index (κ2) is 7.55. The van der Waals surface area contributed by atoms with Gasteiger partial charge in [-0.15, -0.1) is 11.3 Å². The summed E-state index contributed by atoms with van der Waals surface area (Å²) in [6.45, 7) is 1.54. The Kier molecular flexibility index (Phi) is 5.73. The normalized spacial score (nSPS) is 25.6. The molecule has 2 unspecified atom stereocenters. The van der Waals surface area contributed by atoms with Gasteiger partial charge >= 0.3 is 0 Å². The van der Waals surface area contributed by atoms with E-state index in [0.29, 0.717) is 45.4 Å². The highest BCUT2D eigenvalue weighted by atomic mass is 32.2. The summed E-state index contributed by atoms with van der Waals surface area (Å²) in [6, 6.07) is 2.52. The third-order valence-corrected chi connectivity index (χ3v) is 9.40. The van der Waals surface area contributed by atoms with E-state index in [2.05, 4.69) is 5.32 Å². The molecule has 2 aliphatic rings. The van der Waals surface area contributed by atoms with Crippen molar-refractivity contribution >= 4 is 37.3 Å². The zero-order chi connectivity index (χ0) is 18.9. The number of nitrogens with one attached hydrogen (secondary N) is 1. The molecule has 11 heteroatoms. The van der Waals surface area contributed by atoms with Gasteiger partial charge in [-0.05, 0) is 36.6 Å². The number of carbonyl (C=O) groups excluding carboxylic acids is 1. The van der Waals surface area contributed by atoms with Crippen LogP contribution in [0, 0.1) is 5.92 Å². The van der Waals surface area contributed by atoms with Crippen LogP contribution in [0.15, 0.2) is 21.7 Å². The quantitative estimate of drug-likeness (QED) is 0.711. The van der Waals surface area contributed by atoms with Crippen LogP contribution < -0.4 is 5.32 Å². The number of thiophene rings is 1. The molecule has 0 aliphatic carbocycles. The van der Waals surface area contributed by atoms with Gasteiger partial charge in [0.05, 0.1) is 6.26 Å². The van der Waals surface area contributed by atoms with E-state index < -0.39 is 26.1 Å². The van der Waals surface area contributed by atoms with Crippen LogP contribution in [0.3, 0.4) is 0 Å². The summed E-state index contributed by atoms with van der Waals surface area (Å²) >= 11 is 1.14. The van der Waals surface area contributed by atoms with Crippen LogP contribution in [-0.2, 0) is 24.8 Å². The topological polar surface area (TPSA) is 104 Å². The van der Waals surface area contributed by atoms with Gasteiger partial charge in [0.15, 0.2) is 0 Å². The highest BCUT2D eigenvalue weighted by Gasteiger charge is 2.40. The van der Waals surface area contributed by atoms with Crippen LogP contribution in [0.25, 0.3) is 0 Å². The van der Waals surface area contributed by atoms with Crippen LogP contribution in [-0.4, -0.2) is 69.8 Å². The molecular formula is C15H23N3O5S3. The number of sulfonamides is 2. The smallest absolute Gasteiger partial charge is 0.253 e. The maximum absolute atomic E-state index is 12.7. The Labute approximate surface area is 158 Å². The second-order valence-electron chi connectivity index (χ2n) is 6.73. The fourth-order valence-corrected chi connectivity index (χ4v) is 7.14. The molecule has 1 amide bonds. The average Bonchev–Trinajstić information content (AvgIpc) is 3.33. The molecule has 0 aromatic carbocycles. The Balaban J connectivity index is 1.60. The van der Waals surface area contributed by atoms with Crippen LogP contribution in [0.5, 0.6) is 0 Å². The molecule has 0 spiro atoms. The lowest BCUT2D eigenvalue weighted by molar-refractivity contribution is -0.124. The van der Waals surface area contributed by atoms with Gasteiger partial charge in [-0.1, -0.05) is 6.07 Å². The molecule has 0 bridgehead atoms. The first-order valence-corrected chi connectivity index (χ1v) is 12.6. The molecule has 0 saturated carbocycles. The molecule has 2 atom stereocenters. The van der Waals surface area contributed by atoms with Gasteiger partial charge in [0.2, 0.25) is 15.9 Å². The highest BCUT2D eigenvalue weighted by Crippen LogP contribution is 2.28. The molecule has 0 radical (unpaired) electrons. The van der Waals surface area contributed by atoms with Crippen molar-refractivity contribution < 1.29 is 21.6 Å². The first-order valence-electron chi connectivity index (χ1n) is 8.48. The standard InChI is InChI=1S/C15H23N3O5S3/c1-25(20,21)17-8-6-12(11-17)10-16-15(19)13-4-2-7-18(13)26(22,23)14-5-3-9-24-14/h3,5,9,12-13H,2,4,6-8,10-11H2,1H3,(H,16,19). The maximum atomic E-state index is 12.7. The molecule has 2 saturated heterocycles. The SMILES string of the molecule is CS(=O)(=O)N1CCC(CNC(=O)C2CCCN2S(=O)(=O)c2cccs2)C1. The summed E-state index contributed by atoms with van der Waals surface area (Å²) < 4.78 is 51.5. The Morgan fingerprint density at radius 2 is 2.04 bits per heavy atom. The van der Waals surface area contributed by atoms with Crippen molar-refractivity contribution in [1.29, 1.82) is 0 Å². The van der Waals surface area contributed by atoms with Crippen molar-refractivity contribution in [2.24, 2.45) is 5.92 Å². The van der Waals surface area contributed by atoms with Gasteiger partial charge in [-0.25, -0.2) is 21.1 Å². The molecule has 2 fully saturated rings. The third-order valence-electron chi connectivity index (χ3n) is 4.85. The molecular weight excluding hydrogens is 398 g/mol. The fourth-order valence-electron chi connectivity index (χ4n) is 3.44. The van der Waals surface area contributed by atoms with Gasteiger partial charge in [0.1, 0.15) is 10.3 Å². The molecule has 2 aliphatic heterocycles. The van der Waals surface area contributed by atoms with Crippen molar-refractivity contribution in [1.82, 2.24) is 13.9 Å². The van der Waals surface area contributed by atoms with E-state index in [0.717, 1.165) is 11.3 Å². The average molecular weight is 422 g/mol. The Bertz CT molecular complexity index is 851. The summed E-state index contributed by atoms with van der Waals surface area (Å²) in [7, 11) is -6.86. The summed E-state index contributed by atoms with van der Waals surface area (Å²) in [5, 5.41) is 4.52. The van der Waals surface area contributed by atoms with Gasteiger partial charge in [-0.3, -0.25) is 4.79 Å². The summed E-state index contributed by atoms with van der Waals surface area (Å²) in [5.74, 6) is -0.252. The van der Waals surface area contributed by atoms with Gasteiger partial charge < -0.3 is 5.32 Å². The summed E-state index contributed by atoms with van der Waals surface area (Å²) in [6.07, 6.45) is 3.01. The molecule has 3 rings (SSSR count). The van der Waals surface area contributed by atoms with Crippen molar-refractivity contribution in [3.05, 3.63) is 17.5 Å². The van der Waals surface area contributed by atoms with E-state index in [1.54, 1.807) is 17.5 Å². The number of rotatable bonds is 6. The van der Waals surface area contributed by atoms with Crippen LogP contribution in [0.1, 0.15) is 19.3 Å². The molecule has 146 valence electrons. The largest absolute Gasteiger partial charge is 0.354 e. The first kappa shape index (κ1) is 19.7. The lowest BCUT2D eigenvalue weighted by Crippen LogP contribution is -2.46. The minimum absolute atomic E-state index is 0.0532. The predicted molar refractivity (Wildman–Crippen MR) is 98.8 cm³/mol. The third kappa shape index (κ3) is 4.11. The van der Waals surface area contributed by atoms with E-state index in [1.165, 1.54) is 14.9 Å². The van der Waals surface area contributed by atoms with Crippen molar-refractivity contribution in [3.8, 4) is 0 Å². The lowest BCUT2D eigenvalue weighted by Gasteiger charge is -2.23. The molecule has 1 N–H and O–H groups in total. The van der Waals surface area contributed by atoms with Crippen molar-refractivity contribution in [2.75, 3.05) is 32.4 Å². The minimum Gasteiger partial charge on any atom is -0.354 e. The van der Waals surface area contributed by atoms with E-state index >= 15 is 0 Å². The van der Waals surface area contributed by atoms with E-state index in [1.807, 2.05) is 0 Å². The van der Waals surface area contributed by atoms with E-state index in [9.17, 15) is 21.6 Å². The molecule has 8 nitrogen and oxygen atoms in total. The van der Waals surface area contributed by atoms with Crippen LogP contribution in [0.4, 0.5) is 0 Å². The number of hydrogen-bond acceptors (Lipinski definition) is 6. The molecule has 26 heavy (non-hydrogen) atoms. The second-order valence-corrected chi connectivity index (χ2v) is 11.8. The number of amides is 1. The molecule has 3 heterocycles. The number of carbonyl (C=O) groups is 1.